The molecule has 4 aliphatic rings. The van der Waals surface area contributed by atoms with Crippen molar-refractivity contribution in [3.8, 4) is 0 Å². The van der Waals surface area contributed by atoms with E-state index in [4.69, 9.17) is 0 Å². The highest BCUT2D eigenvalue weighted by atomic mass is 16.3. The van der Waals surface area contributed by atoms with Gasteiger partial charge in [-0.05, 0) is 104 Å². The van der Waals surface area contributed by atoms with E-state index in [1.165, 1.54) is 51.4 Å². The summed E-state index contributed by atoms with van der Waals surface area (Å²) in [5.41, 5.74) is 2.59. The van der Waals surface area contributed by atoms with Crippen LogP contribution in [0, 0.1) is 52.3 Å². The summed E-state index contributed by atoms with van der Waals surface area (Å²) in [5, 5.41) is 10.2. The molecular weight excluding hydrogens is 352 g/mol. The molecule has 1 heteroatoms. The van der Waals surface area contributed by atoms with Gasteiger partial charge in [0.05, 0.1) is 6.10 Å². The zero-order valence-electron chi connectivity index (χ0n) is 20.2. The lowest BCUT2D eigenvalue weighted by molar-refractivity contribution is -0.0574. The Kier molecular flexibility index (Phi) is 6.04. The second-order valence-electron chi connectivity index (χ2n) is 12.7. The fraction of sp³-hybridized carbons (Fsp3) is 0.929. The number of fused-ring (bicyclic) bond motifs is 5. The molecule has 0 aromatic rings. The van der Waals surface area contributed by atoms with Crippen molar-refractivity contribution in [2.24, 2.45) is 52.3 Å². The summed E-state index contributed by atoms with van der Waals surface area (Å²) in [5.74, 6) is 6.24. The molecule has 3 fully saturated rings. The number of aliphatic hydroxyl groups excluding tert-OH is 1. The van der Waals surface area contributed by atoms with E-state index >= 15 is 0 Å². The highest BCUT2D eigenvalue weighted by Gasteiger charge is 2.59. The predicted octanol–water partition coefficient (Wildman–Crippen LogP) is 7.63. The Bertz CT molecular complexity index is 620. The molecule has 1 nitrogen and oxygen atoms in total. The first-order valence-electron chi connectivity index (χ1n) is 13.0. The van der Waals surface area contributed by atoms with Crippen LogP contribution >= 0.6 is 0 Å². The van der Waals surface area contributed by atoms with E-state index in [2.05, 4.69) is 47.6 Å². The van der Waals surface area contributed by atoms with Gasteiger partial charge in [-0.15, -0.1) is 0 Å². The monoisotopic (exact) mass is 400 g/mol. The lowest BCUT2D eigenvalue weighted by atomic mass is 9.47. The van der Waals surface area contributed by atoms with E-state index in [0.717, 1.165) is 54.3 Å². The van der Waals surface area contributed by atoms with E-state index in [1.807, 2.05) is 0 Å². The Morgan fingerprint density at radius 2 is 1.72 bits per heavy atom. The summed E-state index contributed by atoms with van der Waals surface area (Å²) in [6, 6.07) is 0. The molecule has 29 heavy (non-hydrogen) atoms. The summed E-state index contributed by atoms with van der Waals surface area (Å²) in [6.45, 7) is 15.1. The smallest absolute Gasteiger partial charge is 0.0577 e. The van der Waals surface area contributed by atoms with Crippen molar-refractivity contribution in [3.05, 3.63) is 11.6 Å². The molecule has 0 aromatic carbocycles. The summed E-state index contributed by atoms with van der Waals surface area (Å²) in [7, 11) is 0. The lowest BCUT2D eigenvalue weighted by Crippen LogP contribution is -2.50. The molecule has 0 amide bonds. The highest BCUT2D eigenvalue weighted by Crippen LogP contribution is 2.67. The van der Waals surface area contributed by atoms with Gasteiger partial charge in [0.2, 0.25) is 0 Å². The molecule has 0 aliphatic heterocycles. The van der Waals surface area contributed by atoms with E-state index in [0.29, 0.717) is 10.8 Å². The third-order valence-corrected chi connectivity index (χ3v) is 11.1. The van der Waals surface area contributed by atoms with Crippen LogP contribution in [0.2, 0.25) is 0 Å². The fourth-order valence-electron chi connectivity index (χ4n) is 8.68. The molecule has 0 radical (unpaired) electrons. The molecule has 3 saturated carbocycles. The van der Waals surface area contributed by atoms with Gasteiger partial charge in [-0.25, -0.2) is 0 Å². The molecule has 1 N–H and O–H groups in total. The van der Waals surface area contributed by atoms with Gasteiger partial charge in [0, 0.05) is 0 Å². The Balaban J connectivity index is 1.49. The maximum absolute atomic E-state index is 10.2. The first-order chi connectivity index (χ1) is 13.7. The van der Waals surface area contributed by atoms with Crippen LogP contribution in [0.15, 0.2) is 11.6 Å². The molecule has 4 aliphatic carbocycles. The van der Waals surface area contributed by atoms with Gasteiger partial charge in [-0.3, -0.25) is 0 Å². The van der Waals surface area contributed by atoms with Crippen LogP contribution in [-0.4, -0.2) is 11.2 Å². The maximum Gasteiger partial charge on any atom is 0.0577 e. The molecule has 0 saturated heterocycles. The van der Waals surface area contributed by atoms with Crippen LogP contribution in [-0.2, 0) is 0 Å². The molecule has 0 bridgehead atoms. The minimum Gasteiger partial charge on any atom is -0.393 e. The molecule has 0 aromatic heterocycles. The summed E-state index contributed by atoms with van der Waals surface area (Å²) >= 11 is 0. The Morgan fingerprint density at radius 3 is 2.45 bits per heavy atom. The average molecular weight is 401 g/mol. The quantitative estimate of drug-likeness (QED) is 0.470. The summed E-state index contributed by atoms with van der Waals surface area (Å²) in [6.07, 6.45) is 15.7. The topological polar surface area (TPSA) is 20.2 Å². The van der Waals surface area contributed by atoms with E-state index in [9.17, 15) is 5.11 Å². The van der Waals surface area contributed by atoms with Crippen LogP contribution in [0.5, 0.6) is 0 Å². The van der Waals surface area contributed by atoms with Gasteiger partial charge in [-0.2, -0.15) is 0 Å². The third kappa shape index (κ3) is 3.66. The van der Waals surface area contributed by atoms with Gasteiger partial charge in [-0.1, -0.05) is 66.0 Å². The van der Waals surface area contributed by atoms with E-state index in [1.54, 1.807) is 5.57 Å². The van der Waals surface area contributed by atoms with Crippen molar-refractivity contribution in [1.29, 1.82) is 0 Å². The first kappa shape index (κ1) is 21.9. The van der Waals surface area contributed by atoms with Gasteiger partial charge < -0.3 is 5.11 Å². The molecule has 4 rings (SSSR count). The molecule has 9 atom stereocenters. The van der Waals surface area contributed by atoms with Crippen molar-refractivity contribution in [1.82, 2.24) is 0 Å². The van der Waals surface area contributed by atoms with Crippen molar-refractivity contribution >= 4 is 0 Å². The largest absolute Gasteiger partial charge is 0.393 e. The minimum atomic E-state index is -0.0790. The molecular formula is C28H48O. The maximum atomic E-state index is 10.2. The highest BCUT2D eigenvalue weighted by molar-refractivity contribution is 5.25. The predicted molar refractivity (Wildman–Crippen MR) is 124 cm³/mol. The number of rotatable bonds is 5. The van der Waals surface area contributed by atoms with Crippen molar-refractivity contribution in [2.45, 2.75) is 112 Å². The molecule has 166 valence electrons. The number of allylic oxidation sites excluding steroid dienone is 1. The first-order valence-corrected chi connectivity index (χ1v) is 13.0. The van der Waals surface area contributed by atoms with Crippen LogP contribution in [0.25, 0.3) is 0 Å². The van der Waals surface area contributed by atoms with Crippen LogP contribution in [0.1, 0.15) is 106 Å². The van der Waals surface area contributed by atoms with Crippen molar-refractivity contribution in [2.75, 3.05) is 0 Å². The number of hydrogen-bond donors (Lipinski definition) is 1. The second kappa shape index (κ2) is 7.99. The summed E-state index contributed by atoms with van der Waals surface area (Å²) in [4.78, 5) is 0. The van der Waals surface area contributed by atoms with Gasteiger partial charge in [0.15, 0.2) is 0 Å². The SMILES string of the molecule is CC(C)[C@H](C)CC[C@@H](C)[C@H]1CC[C@@H]2[C@@H]3CC=C4C[C@@H](O)CC[C@]4(C)[C@H]3CC[C@@]21C. The Hall–Kier alpha value is -0.300. The second-order valence-corrected chi connectivity index (χ2v) is 12.7. The number of aliphatic hydroxyl groups is 1. The van der Waals surface area contributed by atoms with Crippen molar-refractivity contribution < 1.29 is 5.11 Å². The molecule has 0 spiro atoms. The zero-order chi connectivity index (χ0) is 21.0. The van der Waals surface area contributed by atoms with Crippen LogP contribution in [0.3, 0.4) is 0 Å². The van der Waals surface area contributed by atoms with Gasteiger partial charge in [0.1, 0.15) is 0 Å². The fourth-order valence-corrected chi connectivity index (χ4v) is 8.68. The normalized spacial score (nSPS) is 46.5. The van der Waals surface area contributed by atoms with Crippen molar-refractivity contribution in [3.63, 3.8) is 0 Å². The summed E-state index contributed by atoms with van der Waals surface area (Å²) < 4.78 is 0. The average Bonchev–Trinajstić information content (AvgIpc) is 3.03. The van der Waals surface area contributed by atoms with E-state index in [-0.39, 0.29) is 6.10 Å². The Labute approximate surface area is 181 Å². The lowest BCUT2D eigenvalue weighted by Gasteiger charge is -2.58. The zero-order valence-corrected chi connectivity index (χ0v) is 20.2. The Morgan fingerprint density at radius 1 is 0.966 bits per heavy atom. The van der Waals surface area contributed by atoms with E-state index < -0.39 is 0 Å². The van der Waals surface area contributed by atoms with Crippen LogP contribution in [0.4, 0.5) is 0 Å². The molecule has 0 heterocycles. The van der Waals surface area contributed by atoms with Crippen LogP contribution < -0.4 is 0 Å². The standard InChI is InChI=1S/C28H48O/c1-18(2)19(3)7-8-20(4)24-11-12-25-23-10-9-21-17-22(29)13-15-27(21,5)26(23)14-16-28(24,25)6/h9,18-20,22-26,29H,7-8,10-17H2,1-6H3/t19-,20-,22+,23+,24-,25-,26+,27+,28-/m1/s1. The minimum absolute atomic E-state index is 0.0790. The van der Waals surface area contributed by atoms with Gasteiger partial charge in [0.25, 0.3) is 0 Å². The van der Waals surface area contributed by atoms with Gasteiger partial charge >= 0.3 is 0 Å². The third-order valence-electron chi connectivity index (χ3n) is 11.1. The number of hydrogen-bond acceptors (Lipinski definition) is 1. The molecule has 0 unspecified atom stereocenters.